The minimum Gasteiger partial charge on any atom is -0.379 e. The van der Waals surface area contributed by atoms with Gasteiger partial charge in [-0.1, -0.05) is 24.3 Å². The molecule has 3 heterocycles. The third-order valence-corrected chi connectivity index (χ3v) is 6.56. The van der Waals surface area contributed by atoms with Crippen molar-refractivity contribution < 1.29 is 22.7 Å². The van der Waals surface area contributed by atoms with Crippen LogP contribution in [0.4, 0.5) is 13.2 Å². The van der Waals surface area contributed by atoms with Gasteiger partial charge in [-0.25, -0.2) is 0 Å². The SMILES string of the molecule is O=C(c1cccs1)N1CC(CN2CCOCC2)C(c2cccc(C(F)(F)F)c2)C1. The minimum atomic E-state index is -4.37. The molecule has 2 aromatic rings. The van der Waals surface area contributed by atoms with E-state index < -0.39 is 11.7 Å². The number of morpholine rings is 1. The van der Waals surface area contributed by atoms with E-state index in [1.165, 1.54) is 23.5 Å². The van der Waals surface area contributed by atoms with Crippen molar-refractivity contribution in [1.29, 1.82) is 0 Å². The molecular formula is C21H23F3N2O2S. The molecule has 156 valence electrons. The largest absolute Gasteiger partial charge is 0.416 e. The van der Waals surface area contributed by atoms with Crippen LogP contribution in [0.3, 0.4) is 0 Å². The van der Waals surface area contributed by atoms with E-state index in [2.05, 4.69) is 4.90 Å². The third kappa shape index (κ3) is 4.65. The number of thiophene rings is 1. The summed E-state index contributed by atoms with van der Waals surface area (Å²) < 4.78 is 45.1. The standard InChI is InChI=1S/C21H23F3N2O2S/c22-21(23,24)17-4-1-3-15(11-17)18-14-26(20(27)19-5-2-10-29-19)13-16(18)12-25-6-8-28-9-7-25/h1-5,10-11,16,18H,6-9,12-14H2. The van der Waals surface area contributed by atoms with E-state index in [0.29, 0.717) is 36.7 Å². The summed E-state index contributed by atoms with van der Waals surface area (Å²) in [6.45, 7) is 4.69. The molecule has 0 saturated carbocycles. The van der Waals surface area contributed by atoms with Gasteiger partial charge >= 0.3 is 6.18 Å². The number of hydrogen-bond acceptors (Lipinski definition) is 4. The summed E-state index contributed by atoms with van der Waals surface area (Å²) in [5.41, 5.74) is 0.0164. The lowest BCUT2D eigenvalue weighted by molar-refractivity contribution is -0.137. The zero-order valence-corrected chi connectivity index (χ0v) is 16.7. The van der Waals surface area contributed by atoms with Crippen LogP contribution in [-0.2, 0) is 10.9 Å². The summed E-state index contributed by atoms with van der Waals surface area (Å²) in [5.74, 6) is -0.0778. The molecule has 2 aliphatic rings. The summed E-state index contributed by atoms with van der Waals surface area (Å²) in [7, 11) is 0. The number of amides is 1. The van der Waals surface area contributed by atoms with Crippen molar-refractivity contribution in [1.82, 2.24) is 9.80 Å². The van der Waals surface area contributed by atoms with Crippen LogP contribution in [0.2, 0.25) is 0 Å². The minimum absolute atomic E-state index is 0.0403. The molecule has 0 bridgehead atoms. The number of hydrogen-bond donors (Lipinski definition) is 0. The second kappa shape index (κ2) is 8.45. The molecule has 2 fully saturated rings. The molecule has 4 rings (SSSR count). The quantitative estimate of drug-likeness (QED) is 0.745. The van der Waals surface area contributed by atoms with Crippen LogP contribution in [0, 0.1) is 5.92 Å². The molecule has 0 spiro atoms. The van der Waals surface area contributed by atoms with Crippen molar-refractivity contribution in [2.24, 2.45) is 5.92 Å². The Kier molecular flexibility index (Phi) is 5.94. The van der Waals surface area contributed by atoms with Gasteiger partial charge in [0.2, 0.25) is 0 Å². The summed E-state index contributed by atoms with van der Waals surface area (Å²) in [4.78, 5) is 17.6. The number of carbonyl (C=O) groups excluding carboxylic acids is 1. The van der Waals surface area contributed by atoms with E-state index >= 15 is 0 Å². The lowest BCUT2D eigenvalue weighted by Gasteiger charge is -2.31. The Hall–Kier alpha value is -1.90. The lowest BCUT2D eigenvalue weighted by atomic mass is 9.87. The second-order valence-corrected chi connectivity index (χ2v) is 8.54. The van der Waals surface area contributed by atoms with Crippen LogP contribution < -0.4 is 0 Å². The number of ether oxygens (including phenoxy) is 1. The smallest absolute Gasteiger partial charge is 0.379 e. The summed E-state index contributed by atoms with van der Waals surface area (Å²) in [5, 5.41) is 1.86. The topological polar surface area (TPSA) is 32.8 Å². The fourth-order valence-electron chi connectivity index (χ4n) is 4.22. The van der Waals surface area contributed by atoms with Crippen LogP contribution in [-0.4, -0.2) is 61.6 Å². The first kappa shape index (κ1) is 20.4. The van der Waals surface area contributed by atoms with Crippen LogP contribution in [0.25, 0.3) is 0 Å². The molecule has 1 aromatic heterocycles. The van der Waals surface area contributed by atoms with Gasteiger partial charge < -0.3 is 9.64 Å². The maximum absolute atomic E-state index is 13.2. The van der Waals surface area contributed by atoms with Gasteiger partial charge in [-0.3, -0.25) is 9.69 Å². The fraction of sp³-hybridized carbons (Fsp3) is 0.476. The van der Waals surface area contributed by atoms with E-state index in [9.17, 15) is 18.0 Å². The molecule has 2 saturated heterocycles. The highest BCUT2D eigenvalue weighted by atomic mass is 32.1. The van der Waals surface area contributed by atoms with Crippen LogP contribution in [0.1, 0.15) is 26.7 Å². The van der Waals surface area contributed by atoms with Gasteiger partial charge in [0.25, 0.3) is 5.91 Å². The average Bonchev–Trinajstić information content (AvgIpc) is 3.38. The molecule has 0 N–H and O–H groups in total. The van der Waals surface area contributed by atoms with E-state index in [-0.39, 0.29) is 17.7 Å². The van der Waals surface area contributed by atoms with Crippen LogP contribution >= 0.6 is 11.3 Å². The number of halogens is 3. The van der Waals surface area contributed by atoms with E-state index in [0.717, 1.165) is 25.7 Å². The monoisotopic (exact) mass is 424 g/mol. The molecule has 2 unspecified atom stereocenters. The number of carbonyl (C=O) groups is 1. The Bertz CT molecular complexity index is 835. The summed E-state index contributed by atoms with van der Waals surface area (Å²) in [6.07, 6.45) is -4.37. The first-order valence-electron chi connectivity index (χ1n) is 9.72. The number of nitrogens with zero attached hydrogens (tertiary/aromatic N) is 2. The molecule has 0 radical (unpaired) electrons. The fourth-order valence-corrected chi connectivity index (χ4v) is 4.91. The van der Waals surface area contributed by atoms with Crippen molar-refractivity contribution >= 4 is 17.2 Å². The molecule has 29 heavy (non-hydrogen) atoms. The number of benzene rings is 1. The molecule has 2 atom stereocenters. The molecule has 8 heteroatoms. The molecule has 0 aliphatic carbocycles. The van der Waals surface area contributed by atoms with Crippen LogP contribution in [0.5, 0.6) is 0 Å². The Labute approximate surface area is 171 Å². The van der Waals surface area contributed by atoms with Gasteiger partial charge in [0.05, 0.1) is 23.7 Å². The zero-order valence-electron chi connectivity index (χ0n) is 15.9. The molecular weight excluding hydrogens is 401 g/mol. The number of rotatable bonds is 4. The average molecular weight is 424 g/mol. The highest BCUT2D eigenvalue weighted by molar-refractivity contribution is 7.12. The maximum atomic E-state index is 13.2. The number of likely N-dealkylation sites (tertiary alicyclic amines) is 1. The van der Waals surface area contributed by atoms with Crippen molar-refractivity contribution in [2.75, 3.05) is 45.9 Å². The van der Waals surface area contributed by atoms with Crippen molar-refractivity contribution in [2.45, 2.75) is 12.1 Å². The Morgan fingerprint density at radius 1 is 1.14 bits per heavy atom. The Morgan fingerprint density at radius 3 is 2.62 bits per heavy atom. The van der Waals surface area contributed by atoms with Crippen LogP contribution in [0.15, 0.2) is 41.8 Å². The van der Waals surface area contributed by atoms with Gasteiger partial charge in [-0.05, 0) is 29.0 Å². The predicted molar refractivity (Wildman–Crippen MR) is 105 cm³/mol. The van der Waals surface area contributed by atoms with E-state index in [1.54, 1.807) is 17.0 Å². The molecule has 1 amide bonds. The first-order chi connectivity index (χ1) is 13.9. The second-order valence-electron chi connectivity index (χ2n) is 7.59. The number of alkyl halides is 3. The van der Waals surface area contributed by atoms with Gasteiger partial charge in [-0.2, -0.15) is 13.2 Å². The molecule has 4 nitrogen and oxygen atoms in total. The lowest BCUT2D eigenvalue weighted by Crippen LogP contribution is -2.41. The maximum Gasteiger partial charge on any atom is 0.416 e. The van der Waals surface area contributed by atoms with Crippen molar-refractivity contribution in [3.8, 4) is 0 Å². The Balaban J connectivity index is 1.58. The predicted octanol–water partition coefficient (Wildman–Crippen LogP) is 3.95. The van der Waals surface area contributed by atoms with Gasteiger partial charge in [0.15, 0.2) is 0 Å². The van der Waals surface area contributed by atoms with Crippen molar-refractivity contribution in [3.05, 3.63) is 57.8 Å². The Morgan fingerprint density at radius 2 is 1.93 bits per heavy atom. The van der Waals surface area contributed by atoms with Gasteiger partial charge in [-0.15, -0.1) is 11.3 Å². The van der Waals surface area contributed by atoms with Gasteiger partial charge in [0.1, 0.15) is 0 Å². The molecule has 2 aliphatic heterocycles. The first-order valence-corrected chi connectivity index (χ1v) is 10.6. The van der Waals surface area contributed by atoms with E-state index in [4.69, 9.17) is 4.74 Å². The summed E-state index contributed by atoms with van der Waals surface area (Å²) in [6, 6.07) is 9.20. The zero-order chi connectivity index (χ0) is 20.4. The van der Waals surface area contributed by atoms with Crippen molar-refractivity contribution in [3.63, 3.8) is 0 Å². The van der Waals surface area contributed by atoms with E-state index in [1.807, 2.05) is 11.4 Å². The highest BCUT2D eigenvalue weighted by Crippen LogP contribution is 2.37. The molecule has 1 aromatic carbocycles. The summed E-state index contributed by atoms with van der Waals surface area (Å²) >= 11 is 1.39. The third-order valence-electron chi connectivity index (χ3n) is 5.70. The van der Waals surface area contributed by atoms with Gasteiger partial charge in [0, 0.05) is 38.6 Å². The highest BCUT2D eigenvalue weighted by Gasteiger charge is 2.39. The normalized spacial score (nSPS) is 23.5.